The lowest BCUT2D eigenvalue weighted by molar-refractivity contribution is -0.137. The van der Waals surface area contributed by atoms with Crippen molar-refractivity contribution < 1.29 is 14.7 Å². The zero-order chi connectivity index (χ0) is 15.5. The van der Waals surface area contributed by atoms with Crippen molar-refractivity contribution in [3.63, 3.8) is 0 Å². The van der Waals surface area contributed by atoms with Gasteiger partial charge in [0.15, 0.2) is 0 Å². The zero-order valence-electron chi connectivity index (χ0n) is 12.3. The van der Waals surface area contributed by atoms with Gasteiger partial charge in [0, 0.05) is 33.0 Å². The summed E-state index contributed by atoms with van der Waals surface area (Å²) in [6, 6.07) is -0.192. The molecule has 0 atom stereocenters. The molecular formula is C13H23N5O3. The summed E-state index contributed by atoms with van der Waals surface area (Å²) in [5.74, 6) is 0.0733. The number of nitrogens with one attached hydrogen (secondary N) is 2. The third-order valence-corrected chi connectivity index (χ3v) is 3.04. The van der Waals surface area contributed by atoms with E-state index in [1.54, 1.807) is 6.33 Å². The third kappa shape index (κ3) is 7.91. The highest BCUT2D eigenvalue weighted by molar-refractivity contribution is 5.73. The van der Waals surface area contributed by atoms with Crippen LogP contribution in [0.25, 0.3) is 0 Å². The van der Waals surface area contributed by atoms with E-state index in [0.29, 0.717) is 25.9 Å². The molecule has 0 aromatic carbocycles. The van der Waals surface area contributed by atoms with Gasteiger partial charge in [0.05, 0.1) is 0 Å². The molecule has 1 rings (SSSR count). The molecule has 0 spiro atoms. The minimum absolute atomic E-state index is 0.192. The van der Waals surface area contributed by atoms with Crippen LogP contribution in [-0.4, -0.2) is 45.0 Å². The summed E-state index contributed by atoms with van der Waals surface area (Å²) in [6.07, 6.45) is 5.83. The monoisotopic (exact) mass is 297 g/mol. The van der Waals surface area contributed by atoms with Crippen molar-refractivity contribution in [2.75, 3.05) is 13.1 Å². The number of aliphatic carboxylic acids is 1. The summed E-state index contributed by atoms with van der Waals surface area (Å²) in [4.78, 5) is 21.8. The molecule has 1 aromatic heterocycles. The van der Waals surface area contributed by atoms with Crippen molar-refractivity contribution in [3.8, 4) is 0 Å². The van der Waals surface area contributed by atoms with Crippen molar-refractivity contribution in [2.24, 2.45) is 7.05 Å². The lowest BCUT2D eigenvalue weighted by Crippen LogP contribution is -2.37. The first-order valence-electron chi connectivity index (χ1n) is 7.16. The molecule has 1 heterocycles. The van der Waals surface area contributed by atoms with Crippen LogP contribution < -0.4 is 10.6 Å². The molecule has 0 aliphatic heterocycles. The summed E-state index contributed by atoms with van der Waals surface area (Å²) in [7, 11) is 1.86. The van der Waals surface area contributed by atoms with Crippen molar-refractivity contribution in [1.29, 1.82) is 0 Å². The molecule has 0 unspecified atom stereocenters. The minimum atomic E-state index is -0.754. The second-order valence-corrected chi connectivity index (χ2v) is 4.85. The molecule has 1 aromatic rings. The summed E-state index contributed by atoms with van der Waals surface area (Å²) in [6.45, 7) is 1.11. The van der Waals surface area contributed by atoms with E-state index in [0.717, 1.165) is 25.1 Å². The molecule has 8 nitrogen and oxygen atoms in total. The summed E-state index contributed by atoms with van der Waals surface area (Å²) >= 11 is 0. The lowest BCUT2D eigenvalue weighted by atomic mass is 10.1. The highest BCUT2D eigenvalue weighted by Crippen LogP contribution is 2.02. The summed E-state index contributed by atoms with van der Waals surface area (Å²) in [5.41, 5.74) is 0. The van der Waals surface area contributed by atoms with E-state index in [1.165, 1.54) is 0 Å². The van der Waals surface area contributed by atoms with Gasteiger partial charge in [-0.3, -0.25) is 4.79 Å². The first-order chi connectivity index (χ1) is 10.1. The Hall–Kier alpha value is -2.12. The van der Waals surface area contributed by atoms with Gasteiger partial charge < -0.3 is 20.3 Å². The van der Waals surface area contributed by atoms with Gasteiger partial charge in [-0.2, -0.15) is 0 Å². The van der Waals surface area contributed by atoms with Gasteiger partial charge in [-0.15, -0.1) is 10.2 Å². The van der Waals surface area contributed by atoms with Gasteiger partial charge in [0.25, 0.3) is 0 Å². The van der Waals surface area contributed by atoms with Crippen LogP contribution >= 0.6 is 0 Å². The summed E-state index contributed by atoms with van der Waals surface area (Å²) < 4.78 is 1.82. The number of carboxylic acids is 1. The Kier molecular flexibility index (Phi) is 7.85. The maximum absolute atomic E-state index is 11.5. The van der Waals surface area contributed by atoms with Gasteiger partial charge in [-0.25, -0.2) is 4.79 Å². The Morgan fingerprint density at radius 3 is 2.57 bits per heavy atom. The standard InChI is InChI=1S/C13H23N5O3/c1-18-10-16-17-11(18)7-9-15-13(21)14-8-5-3-2-4-6-12(19)20/h10H,2-9H2,1H3,(H,19,20)(H2,14,15,21). The molecule has 118 valence electrons. The quantitative estimate of drug-likeness (QED) is 0.551. The third-order valence-electron chi connectivity index (χ3n) is 3.04. The SMILES string of the molecule is Cn1cnnc1CCNC(=O)NCCCCCCC(=O)O. The molecule has 0 aliphatic rings. The molecule has 2 amide bonds. The highest BCUT2D eigenvalue weighted by Gasteiger charge is 2.03. The molecule has 0 aliphatic carbocycles. The molecule has 0 bridgehead atoms. The maximum atomic E-state index is 11.5. The van der Waals surface area contributed by atoms with E-state index in [2.05, 4.69) is 20.8 Å². The molecule has 0 saturated carbocycles. The van der Waals surface area contributed by atoms with Crippen molar-refractivity contribution in [2.45, 2.75) is 38.5 Å². The van der Waals surface area contributed by atoms with E-state index >= 15 is 0 Å². The second kappa shape index (κ2) is 9.73. The number of carbonyl (C=O) groups excluding carboxylic acids is 1. The van der Waals surface area contributed by atoms with E-state index in [4.69, 9.17) is 5.11 Å². The molecule has 3 N–H and O–H groups in total. The highest BCUT2D eigenvalue weighted by atomic mass is 16.4. The predicted molar refractivity (Wildman–Crippen MR) is 76.8 cm³/mol. The molecule has 8 heteroatoms. The van der Waals surface area contributed by atoms with Crippen LogP contribution in [0.4, 0.5) is 4.79 Å². The van der Waals surface area contributed by atoms with Gasteiger partial charge in [-0.05, 0) is 12.8 Å². The number of carbonyl (C=O) groups is 2. The van der Waals surface area contributed by atoms with Crippen LogP contribution in [0, 0.1) is 0 Å². The number of aromatic nitrogens is 3. The van der Waals surface area contributed by atoms with Crippen LogP contribution in [-0.2, 0) is 18.3 Å². The van der Waals surface area contributed by atoms with Gasteiger partial charge in [0.1, 0.15) is 12.2 Å². The van der Waals surface area contributed by atoms with E-state index < -0.39 is 5.97 Å². The van der Waals surface area contributed by atoms with Gasteiger partial charge in [-0.1, -0.05) is 12.8 Å². The Bertz CT molecular complexity index is 447. The fourth-order valence-electron chi connectivity index (χ4n) is 1.84. The predicted octanol–water partition coefficient (Wildman–Crippen LogP) is 0.692. The van der Waals surface area contributed by atoms with E-state index in [-0.39, 0.29) is 12.5 Å². The number of nitrogens with zero attached hydrogens (tertiary/aromatic N) is 3. The first kappa shape index (κ1) is 16.9. The smallest absolute Gasteiger partial charge is 0.314 e. The normalized spacial score (nSPS) is 10.3. The van der Waals surface area contributed by atoms with Crippen molar-refractivity contribution in [1.82, 2.24) is 25.4 Å². The largest absolute Gasteiger partial charge is 0.481 e. The van der Waals surface area contributed by atoms with Gasteiger partial charge >= 0.3 is 12.0 Å². The number of unbranched alkanes of at least 4 members (excludes halogenated alkanes) is 3. The number of carboxylic acid groups (broad SMARTS) is 1. The number of hydrogen-bond donors (Lipinski definition) is 3. The number of rotatable bonds is 10. The average molecular weight is 297 g/mol. The number of urea groups is 1. The second-order valence-electron chi connectivity index (χ2n) is 4.85. The lowest BCUT2D eigenvalue weighted by Gasteiger charge is -2.07. The zero-order valence-corrected chi connectivity index (χ0v) is 12.3. The average Bonchev–Trinajstić information content (AvgIpc) is 2.83. The fraction of sp³-hybridized carbons (Fsp3) is 0.692. The Labute approximate surface area is 123 Å². The number of hydrogen-bond acceptors (Lipinski definition) is 4. The summed E-state index contributed by atoms with van der Waals surface area (Å²) in [5, 5.41) is 21.7. The maximum Gasteiger partial charge on any atom is 0.314 e. The van der Waals surface area contributed by atoms with Crippen LogP contribution in [0.1, 0.15) is 37.9 Å². The van der Waals surface area contributed by atoms with Crippen molar-refractivity contribution >= 4 is 12.0 Å². The molecule has 0 radical (unpaired) electrons. The Balaban J connectivity index is 1.94. The molecular weight excluding hydrogens is 274 g/mol. The first-order valence-corrected chi connectivity index (χ1v) is 7.16. The van der Waals surface area contributed by atoms with Crippen LogP contribution in [0.5, 0.6) is 0 Å². The Morgan fingerprint density at radius 2 is 1.90 bits per heavy atom. The number of aryl methyl sites for hydroxylation is 1. The fourth-order valence-corrected chi connectivity index (χ4v) is 1.84. The molecule has 0 saturated heterocycles. The van der Waals surface area contributed by atoms with E-state index in [9.17, 15) is 9.59 Å². The Morgan fingerprint density at radius 1 is 1.19 bits per heavy atom. The minimum Gasteiger partial charge on any atom is -0.481 e. The van der Waals surface area contributed by atoms with Crippen LogP contribution in [0.3, 0.4) is 0 Å². The van der Waals surface area contributed by atoms with Gasteiger partial charge in [0.2, 0.25) is 0 Å². The number of amides is 2. The topological polar surface area (TPSA) is 109 Å². The van der Waals surface area contributed by atoms with Crippen molar-refractivity contribution in [3.05, 3.63) is 12.2 Å². The molecule has 0 fully saturated rings. The van der Waals surface area contributed by atoms with Crippen LogP contribution in [0.2, 0.25) is 0 Å². The van der Waals surface area contributed by atoms with E-state index in [1.807, 2.05) is 11.6 Å². The van der Waals surface area contributed by atoms with Crippen LogP contribution in [0.15, 0.2) is 6.33 Å². The molecule has 21 heavy (non-hydrogen) atoms.